The van der Waals surface area contributed by atoms with Crippen LogP contribution in [0.4, 0.5) is 10.1 Å². The third-order valence-corrected chi connectivity index (χ3v) is 3.28. The normalized spacial score (nSPS) is 10.2. The summed E-state index contributed by atoms with van der Waals surface area (Å²) in [6.07, 6.45) is 1.46. The van der Waals surface area contributed by atoms with E-state index in [4.69, 9.17) is 4.74 Å². The molecule has 0 saturated carbocycles. The van der Waals surface area contributed by atoms with Crippen LogP contribution in [0.2, 0.25) is 0 Å². The number of carbonyl (C=O) groups excluding carboxylic acids is 1. The molecular weight excluding hydrogens is 315 g/mol. The molecule has 6 nitrogen and oxygen atoms in total. The molecule has 0 saturated heterocycles. The fourth-order valence-electron chi connectivity index (χ4n) is 1.99. The lowest BCUT2D eigenvalue weighted by Gasteiger charge is -2.07. The van der Waals surface area contributed by atoms with Crippen molar-refractivity contribution in [2.75, 3.05) is 13.2 Å². The topological polar surface area (TPSA) is 81.5 Å². The van der Waals surface area contributed by atoms with Gasteiger partial charge in [-0.1, -0.05) is 0 Å². The van der Waals surface area contributed by atoms with Gasteiger partial charge in [0.05, 0.1) is 11.5 Å². The third-order valence-electron chi connectivity index (χ3n) is 3.28. The summed E-state index contributed by atoms with van der Waals surface area (Å²) in [7, 11) is 0. The highest BCUT2D eigenvalue weighted by molar-refractivity contribution is 5.94. The molecule has 0 radical (unpaired) electrons. The summed E-state index contributed by atoms with van der Waals surface area (Å²) in [4.78, 5) is 21.9. The number of non-ortho nitro benzene ring substituents is 1. The van der Waals surface area contributed by atoms with E-state index in [1.54, 1.807) is 12.1 Å². The molecule has 1 amide bonds. The summed E-state index contributed by atoms with van der Waals surface area (Å²) in [5.41, 5.74) is 0.327. The Morgan fingerprint density at radius 2 is 1.75 bits per heavy atom. The van der Waals surface area contributed by atoms with Gasteiger partial charge >= 0.3 is 0 Å². The van der Waals surface area contributed by atoms with Crippen molar-refractivity contribution < 1.29 is 18.8 Å². The van der Waals surface area contributed by atoms with E-state index in [1.807, 2.05) is 0 Å². The van der Waals surface area contributed by atoms with E-state index in [9.17, 15) is 19.3 Å². The SMILES string of the molecule is O=C(NCCCCOc1ccc(F)cc1)c1ccc([N+](=O)[O-])cc1. The smallest absolute Gasteiger partial charge is 0.269 e. The molecule has 0 atom stereocenters. The minimum absolute atomic E-state index is 0.0514. The molecule has 1 N–H and O–H groups in total. The number of amides is 1. The molecule has 0 unspecified atom stereocenters. The zero-order valence-corrected chi connectivity index (χ0v) is 12.9. The molecule has 0 aliphatic carbocycles. The zero-order chi connectivity index (χ0) is 17.4. The van der Waals surface area contributed by atoms with Crippen LogP contribution in [0.15, 0.2) is 48.5 Å². The molecule has 0 spiro atoms. The third kappa shape index (κ3) is 5.35. The predicted octanol–water partition coefficient (Wildman–Crippen LogP) is 3.32. The monoisotopic (exact) mass is 332 g/mol. The standard InChI is InChI=1S/C17H17FN2O4/c18-14-5-9-16(10-6-14)24-12-2-1-11-19-17(21)13-3-7-15(8-4-13)20(22)23/h3-10H,1-2,11-12H2,(H,19,21). The fraction of sp³-hybridized carbons (Fsp3) is 0.235. The Morgan fingerprint density at radius 1 is 1.08 bits per heavy atom. The first kappa shape index (κ1) is 17.4. The summed E-state index contributed by atoms with van der Waals surface area (Å²) in [6.45, 7) is 0.946. The Kier molecular flexibility index (Phi) is 6.24. The van der Waals surface area contributed by atoms with E-state index in [2.05, 4.69) is 5.32 Å². The van der Waals surface area contributed by atoms with Gasteiger partial charge in [0, 0.05) is 24.2 Å². The van der Waals surface area contributed by atoms with Crippen LogP contribution in [-0.4, -0.2) is 24.0 Å². The van der Waals surface area contributed by atoms with Crippen molar-refractivity contribution in [2.24, 2.45) is 0 Å². The van der Waals surface area contributed by atoms with Gasteiger partial charge in [-0.15, -0.1) is 0 Å². The van der Waals surface area contributed by atoms with Gasteiger partial charge in [0.2, 0.25) is 0 Å². The summed E-state index contributed by atoms with van der Waals surface area (Å²) >= 11 is 0. The van der Waals surface area contributed by atoms with Gasteiger partial charge in [0.15, 0.2) is 0 Å². The molecule has 7 heteroatoms. The van der Waals surface area contributed by atoms with Crippen molar-refractivity contribution in [3.63, 3.8) is 0 Å². The van der Waals surface area contributed by atoms with Crippen LogP contribution in [0.5, 0.6) is 5.75 Å². The van der Waals surface area contributed by atoms with E-state index < -0.39 is 4.92 Å². The van der Waals surface area contributed by atoms with Crippen LogP contribution in [0.25, 0.3) is 0 Å². The molecule has 0 aromatic heterocycles. The van der Waals surface area contributed by atoms with Crippen LogP contribution in [0.3, 0.4) is 0 Å². The van der Waals surface area contributed by atoms with Gasteiger partial charge in [-0.05, 0) is 49.2 Å². The Hall–Kier alpha value is -2.96. The van der Waals surface area contributed by atoms with Crippen LogP contribution in [0.1, 0.15) is 23.2 Å². The Morgan fingerprint density at radius 3 is 2.38 bits per heavy atom. The van der Waals surface area contributed by atoms with Gasteiger partial charge in [-0.3, -0.25) is 14.9 Å². The maximum atomic E-state index is 12.7. The van der Waals surface area contributed by atoms with Crippen molar-refractivity contribution in [1.82, 2.24) is 5.32 Å². The number of halogens is 1. The molecule has 2 rings (SSSR count). The Balaban J connectivity index is 1.64. The van der Waals surface area contributed by atoms with E-state index in [0.29, 0.717) is 24.5 Å². The first-order chi connectivity index (χ1) is 11.6. The highest BCUT2D eigenvalue weighted by Gasteiger charge is 2.08. The number of hydrogen-bond donors (Lipinski definition) is 1. The number of carbonyl (C=O) groups is 1. The zero-order valence-electron chi connectivity index (χ0n) is 12.9. The average Bonchev–Trinajstić information content (AvgIpc) is 2.59. The molecule has 126 valence electrons. The summed E-state index contributed by atoms with van der Waals surface area (Å²) in [6, 6.07) is 11.2. The number of ether oxygens (including phenoxy) is 1. The number of nitro groups is 1. The minimum atomic E-state index is -0.511. The molecule has 2 aromatic carbocycles. The van der Waals surface area contributed by atoms with Crippen LogP contribution in [0, 0.1) is 15.9 Å². The Labute approximate surface area is 138 Å². The van der Waals surface area contributed by atoms with Crippen molar-refractivity contribution >= 4 is 11.6 Å². The predicted molar refractivity (Wildman–Crippen MR) is 86.6 cm³/mol. The van der Waals surface area contributed by atoms with E-state index >= 15 is 0 Å². The molecule has 2 aromatic rings. The molecule has 24 heavy (non-hydrogen) atoms. The van der Waals surface area contributed by atoms with Crippen LogP contribution < -0.4 is 10.1 Å². The quantitative estimate of drug-likeness (QED) is 0.457. The van der Waals surface area contributed by atoms with Crippen LogP contribution in [-0.2, 0) is 0 Å². The van der Waals surface area contributed by atoms with Crippen LogP contribution >= 0.6 is 0 Å². The number of nitro benzene ring substituents is 1. The number of nitrogens with one attached hydrogen (secondary N) is 1. The van der Waals surface area contributed by atoms with Gasteiger partial charge in [-0.2, -0.15) is 0 Å². The van der Waals surface area contributed by atoms with E-state index in [0.717, 1.165) is 12.8 Å². The van der Waals surface area contributed by atoms with E-state index in [1.165, 1.54) is 36.4 Å². The number of benzene rings is 2. The molecule has 0 heterocycles. The molecule has 0 fully saturated rings. The molecule has 0 bridgehead atoms. The van der Waals surface area contributed by atoms with Crippen molar-refractivity contribution in [3.8, 4) is 5.75 Å². The Bertz CT molecular complexity index is 687. The number of hydrogen-bond acceptors (Lipinski definition) is 4. The summed E-state index contributed by atoms with van der Waals surface area (Å²) in [5, 5.41) is 13.3. The second kappa shape index (κ2) is 8.61. The second-order valence-electron chi connectivity index (χ2n) is 5.07. The van der Waals surface area contributed by atoms with Crippen molar-refractivity contribution in [2.45, 2.75) is 12.8 Å². The maximum absolute atomic E-state index is 12.7. The molecular formula is C17H17FN2O4. The number of rotatable bonds is 8. The number of unbranched alkanes of at least 4 members (excludes halogenated alkanes) is 1. The largest absolute Gasteiger partial charge is 0.494 e. The lowest BCUT2D eigenvalue weighted by atomic mass is 10.2. The average molecular weight is 332 g/mol. The van der Waals surface area contributed by atoms with Gasteiger partial charge in [0.1, 0.15) is 11.6 Å². The highest BCUT2D eigenvalue weighted by Crippen LogP contribution is 2.12. The van der Waals surface area contributed by atoms with Gasteiger partial charge in [-0.25, -0.2) is 4.39 Å². The fourth-order valence-corrected chi connectivity index (χ4v) is 1.99. The summed E-state index contributed by atoms with van der Waals surface area (Å²) in [5.74, 6) is 0.0203. The first-order valence-electron chi connectivity index (χ1n) is 7.47. The highest BCUT2D eigenvalue weighted by atomic mass is 19.1. The molecule has 0 aliphatic heterocycles. The second-order valence-corrected chi connectivity index (χ2v) is 5.07. The first-order valence-corrected chi connectivity index (χ1v) is 7.47. The minimum Gasteiger partial charge on any atom is -0.494 e. The summed E-state index contributed by atoms with van der Waals surface area (Å²) < 4.78 is 18.2. The molecule has 0 aliphatic rings. The lowest BCUT2D eigenvalue weighted by molar-refractivity contribution is -0.384. The number of nitrogens with zero attached hydrogens (tertiary/aromatic N) is 1. The maximum Gasteiger partial charge on any atom is 0.269 e. The van der Waals surface area contributed by atoms with Gasteiger partial charge in [0.25, 0.3) is 11.6 Å². The lowest BCUT2D eigenvalue weighted by Crippen LogP contribution is -2.24. The van der Waals surface area contributed by atoms with Gasteiger partial charge < -0.3 is 10.1 Å². The van der Waals surface area contributed by atoms with E-state index in [-0.39, 0.29) is 17.4 Å². The van der Waals surface area contributed by atoms with Crippen molar-refractivity contribution in [3.05, 3.63) is 70.0 Å². The van der Waals surface area contributed by atoms with Crippen molar-refractivity contribution in [1.29, 1.82) is 0 Å².